The molecule has 2 aliphatic rings. The Morgan fingerprint density at radius 1 is 1.13 bits per heavy atom. The van der Waals surface area contributed by atoms with E-state index in [1.54, 1.807) is 49.2 Å². The number of hydrogen-bond acceptors (Lipinski definition) is 8. The van der Waals surface area contributed by atoms with Crippen molar-refractivity contribution >= 4 is 28.7 Å². The zero-order valence-corrected chi connectivity index (χ0v) is 21.6. The largest absolute Gasteiger partial charge is 0.378 e. The molecule has 2 aromatic heterocycles. The Morgan fingerprint density at radius 2 is 1.89 bits per heavy atom. The SMILES string of the molecule is C[C@H](Nc1nc(N2CCOCC2)cc(-n2c(C(F)F)nc3ccccc32)n1)C(=O)N(C)CC1CCCCO1. The second-order valence-corrected chi connectivity index (χ2v) is 9.68. The van der Waals surface area contributed by atoms with Crippen LogP contribution in [0.2, 0.25) is 0 Å². The summed E-state index contributed by atoms with van der Waals surface area (Å²) in [6.07, 6.45) is 0.287. The van der Waals surface area contributed by atoms with Gasteiger partial charge in [0.2, 0.25) is 11.9 Å². The number of likely N-dealkylation sites (N-methyl/N-ethyl adjacent to an activating group) is 1. The molecule has 1 unspecified atom stereocenters. The van der Waals surface area contributed by atoms with Crippen molar-refractivity contribution in [3.63, 3.8) is 0 Å². The summed E-state index contributed by atoms with van der Waals surface area (Å²) >= 11 is 0. The van der Waals surface area contributed by atoms with Crippen molar-refractivity contribution in [1.82, 2.24) is 24.4 Å². The first kappa shape index (κ1) is 26.2. The number of nitrogens with zero attached hydrogens (tertiary/aromatic N) is 6. The van der Waals surface area contributed by atoms with E-state index in [4.69, 9.17) is 9.47 Å². The molecule has 0 saturated carbocycles. The van der Waals surface area contributed by atoms with Crippen LogP contribution in [0.25, 0.3) is 16.9 Å². The summed E-state index contributed by atoms with van der Waals surface area (Å²) in [6.45, 7) is 5.21. The Labute approximate surface area is 219 Å². The summed E-state index contributed by atoms with van der Waals surface area (Å²) in [4.78, 5) is 30.2. The molecule has 0 bridgehead atoms. The summed E-state index contributed by atoms with van der Waals surface area (Å²) in [5.41, 5.74) is 0.954. The quantitative estimate of drug-likeness (QED) is 0.474. The van der Waals surface area contributed by atoms with Crippen molar-refractivity contribution in [3.05, 3.63) is 36.2 Å². The summed E-state index contributed by atoms with van der Waals surface area (Å²) in [7, 11) is 1.75. The third-order valence-electron chi connectivity index (χ3n) is 6.89. The van der Waals surface area contributed by atoms with Crippen LogP contribution >= 0.6 is 0 Å². The van der Waals surface area contributed by atoms with Crippen LogP contribution in [0.1, 0.15) is 38.4 Å². The summed E-state index contributed by atoms with van der Waals surface area (Å²) in [6, 6.07) is 7.97. The van der Waals surface area contributed by atoms with Crippen molar-refractivity contribution in [2.75, 3.05) is 56.7 Å². The molecule has 10 nitrogen and oxygen atoms in total. The molecule has 2 saturated heterocycles. The molecule has 0 aliphatic carbocycles. The van der Waals surface area contributed by atoms with E-state index in [9.17, 15) is 13.6 Å². The van der Waals surface area contributed by atoms with Crippen molar-refractivity contribution in [1.29, 1.82) is 0 Å². The zero-order chi connectivity index (χ0) is 26.6. The van der Waals surface area contributed by atoms with Gasteiger partial charge in [-0.15, -0.1) is 0 Å². The number of hydrogen-bond donors (Lipinski definition) is 1. The van der Waals surface area contributed by atoms with Crippen LogP contribution in [-0.2, 0) is 14.3 Å². The molecule has 1 aromatic carbocycles. The van der Waals surface area contributed by atoms with Crippen LogP contribution in [0.4, 0.5) is 20.5 Å². The Hall–Kier alpha value is -3.38. The molecule has 38 heavy (non-hydrogen) atoms. The number of carbonyl (C=O) groups excluding carboxylic acids is 1. The van der Waals surface area contributed by atoms with Crippen molar-refractivity contribution in [3.8, 4) is 5.82 Å². The number of nitrogens with one attached hydrogen (secondary N) is 1. The number of anilines is 2. The van der Waals surface area contributed by atoms with Gasteiger partial charge in [-0.3, -0.25) is 9.36 Å². The minimum atomic E-state index is -2.81. The van der Waals surface area contributed by atoms with Gasteiger partial charge in [-0.05, 0) is 38.3 Å². The smallest absolute Gasteiger partial charge is 0.296 e. The average molecular weight is 530 g/mol. The van der Waals surface area contributed by atoms with Gasteiger partial charge in [0.15, 0.2) is 5.82 Å². The van der Waals surface area contributed by atoms with Crippen molar-refractivity contribution in [2.45, 2.75) is 44.8 Å². The van der Waals surface area contributed by atoms with E-state index < -0.39 is 18.3 Å². The fourth-order valence-corrected chi connectivity index (χ4v) is 4.92. The molecule has 1 amide bonds. The first-order chi connectivity index (χ1) is 18.4. The lowest BCUT2D eigenvalue weighted by Crippen LogP contribution is -2.44. The number of para-hydroxylation sites is 2. The second kappa shape index (κ2) is 11.6. The summed E-state index contributed by atoms with van der Waals surface area (Å²) < 4.78 is 40.8. The Kier molecular flexibility index (Phi) is 7.98. The van der Waals surface area contributed by atoms with E-state index in [1.807, 2.05) is 4.90 Å². The van der Waals surface area contributed by atoms with Gasteiger partial charge in [0.25, 0.3) is 6.43 Å². The number of alkyl halides is 2. The first-order valence-electron chi connectivity index (χ1n) is 13.0. The molecule has 2 atom stereocenters. The monoisotopic (exact) mass is 529 g/mol. The number of fused-ring (bicyclic) bond motifs is 1. The van der Waals surface area contributed by atoms with Gasteiger partial charge in [0.1, 0.15) is 17.7 Å². The highest BCUT2D eigenvalue weighted by Gasteiger charge is 2.26. The average Bonchev–Trinajstić information content (AvgIpc) is 3.34. The third kappa shape index (κ3) is 5.70. The first-order valence-corrected chi connectivity index (χ1v) is 13.0. The number of halogens is 2. The Bertz CT molecular complexity index is 1260. The molecule has 4 heterocycles. The highest BCUT2D eigenvalue weighted by Crippen LogP contribution is 2.29. The van der Waals surface area contributed by atoms with E-state index >= 15 is 0 Å². The second-order valence-electron chi connectivity index (χ2n) is 9.68. The summed E-state index contributed by atoms with van der Waals surface area (Å²) in [5.74, 6) is 0.437. The highest BCUT2D eigenvalue weighted by molar-refractivity contribution is 5.84. The maximum absolute atomic E-state index is 14.1. The van der Waals surface area contributed by atoms with Gasteiger partial charge in [0.05, 0.1) is 30.4 Å². The van der Waals surface area contributed by atoms with Crippen LogP contribution in [0.5, 0.6) is 0 Å². The number of benzene rings is 1. The van der Waals surface area contributed by atoms with E-state index in [0.29, 0.717) is 49.7 Å². The molecule has 5 rings (SSSR count). The molecular weight excluding hydrogens is 496 g/mol. The van der Waals surface area contributed by atoms with Gasteiger partial charge in [0, 0.05) is 39.4 Å². The van der Waals surface area contributed by atoms with Gasteiger partial charge in [-0.2, -0.15) is 9.97 Å². The summed E-state index contributed by atoms with van der Waals surface area (Å²) in [5, 5.41) is 3.10. The predicted molar refractivity (Wildman–Crippen MR) is 139 cm³/mol. The van der Waals surface area contributed by atoms with Crippen molar-refractivity contribution < 1.29 is 23.0 Å². The number of rotatable bonds is 8. The minimum absolute atomic E-state index is 0.0275. The highest BCUT2D eigenvalue weighted by atomic mass is 19.3. The maximum atomic E-state index is 14.1. The number of morpholine rings is 1. The number of carbonyl (C=O) groups is 1. The molecule has 12 heteroatoms. The van der Waals surface area contributed by atoms with E-state index in [0.717, 1.165) is 25.9 Å². The molecule has 0 radical (unpaired) electrons. The molecule has 2 aliphatic heterocycles. The standard InChI is InChI=1S/C26H33F2N7O3/c1-17(25(36)33(2)16-18-7-5-6-12-38-18)29-26-31-21(34-10-13-37-14-11-34)15-22(32-26)35-20-9-4-3-8-19(20)30-24(35)23(27)28/h3-4,8-9,15,17-18,23H,5-7,10-14,16H2,1-2H3,(H,29,31,32)/t17-,18?/m0/s1. The number of imidazole rings is 1. The van der Waals surface area contributed by atoms with E-state index in [1.165, 1.54) is 4.57 Å². The minimum Gasteiger partial charge on any atom is -0.378 e. The number of amides is 1. The normalized spacial score (nSPS) is 19.1. The fourth-order valence-electron chi connectivity index (χ4n) is 4.92. The van der Waals surface area contributed by atoms with Gasteiger partial charge in [-0.1, -0.05) is 12.1 Å². The van der Waals surface area contributed by atoms with Crippen LogP contribution in [-0.4, -0.2) is 89.0 Å². The lowest BCUT2D eigenvalue weighted by Gasteiger charge is -2.30. The molecule has 2 fully saturated rings. The number of aromatic nitrogens is 4. The van der Waals surface area contributed by atoms with Crippen LogP contribution < -0.4 is 10.2 Å². The Morgan fingerprint density at radius 3 is 2.63 bits per heavy atom. The van der Waals surface area contributed by atoms with Crippen LogP contribution in [0.15, 0.2) is 30.3 Å². The topological polar surface area (TPSA) is 97.6 Å². The van der Waals surface area contributed by atoms with Gasteiger partial charge >= 0.3 is 0 Å². The van der Waals surface area contributed by atoms with Crippen LogP contribution in [0.3, 0.4) is 0 Å². The number of ether oxygens (including phenoxy) is 2. The predicted octanol–water partition coefficient (Wildman–Crippen LogP) is 3.42. The lowest BCUT2D eigenvalue weighted by molar-refractivity contribution is -0.132. The van der Waals surface area contributed by atoms with Crippen LogP contribution in [0, 0.1) is 0 Å². The molecular formula is C26H33F2N7O3. The lowest BCUT2D eigenvalue weighted by atomic mass is 10.1. The van der Waals surface area contributed by atoms with Gasteiger partial charge in [-0.25, -0.2) is 13.8 Å². The zero-order valence-electron chi connectivity index (χ0n) is 21.6. The van der Waals surface area contributed by atoms with Crippen molar-refractivity contribution in [2.24, 2.45) is 0 Å². The van der Waals surface area contributed by atoms with Gasteiger partial charge < -0.3 is 24.6 Å². The fraction of sp³-hybridized carbons (Fsp3) is 0.538. The maximum Gasteiger partial charge on any atom is 0.296 e. The molecule has 1 N–H and O–H groups in total. The van der Waals surface area contributed by atoms with E-state index in [2.05, 4.69) is 20.3 Å². The Balaban J connectivity index is 1.46. The molecule has 0 spiro atoms. The molecule has 3 aromatic rings. The van der Waals surface area contributed by atoms with E-state index in [-0.39, 0.29) is 23.8 Å². The molecule has 204 valence electrons. The third-order valence-corrected chi connectivity index (χ3v) is 6.89.